The first-order valence-electron chi connectivity index (χ1n) is 6.67. The zero-order valence-electron chi connectivity index (χ0n) is 11.5. The van der Waals surface area contributed by atoms with E-state index in [-0.39, 0.29) is 10.0 Å². The Bertz CT molecular complexity index is 611. The van der Waals surface area contributed by atoms with E-state index in [0.717, 1.165) is 6.42 Å². The third-order valence-electron chi connectivity index (χ3n) is 3.18. The van der Waals surface area contributed by atoms with Gasteiger partial charge in [0.15, 0.2) is 0 Å². The van der Waals surface area contributed by atoms with Crippen molar-refractivity contribution in [1.29, 1.82) is 0 Å². The van der Waals surface area contributed by atoms with Crippen molar-refractivity contribution in [3.63, 3.8) is 0 Å². The summed E-state index contributed by atoms with van der Waals surface area (Å²) in [4.78, 5) is 0. The van der Waals surface area contributed by atoms with Crippen molar-refractivity contribution in [2.24, 2.45) is 0 Å². The van der Waals surface area contributed by atoms with Gasteiger partial charge in [0.05, 0.1) is 10.5 Å². The number of nitrogens with one attached hydrogen (secondary N) is 1. The van der Waals surface area contributed by atoms with Crippen LogP contribution in [0.15, 0.2) is 40.9 Å². The van der Waals surface area contributed by atoms with Crippen LogP contribution in [-0.4, -0.2) is 6.54 Å². The van der Waals surface area contributed by atoms with Gasteiger partial charge in [-0.05, 0) is 52.7 Å². The lowest BCUT2D eigenvalue weighted by Gasteiger charge is -2.22. The van der Waals surface area contributed by atoms with Gasteiger partial charge in [-0.3, -0.25) is 0 Å². The Morgan fingerprint density at radius 2 is 1.57 bits per heavy atom. The van der Waals surface area contributed by atoms with Crippen LogP contribution < -0.4 is 5.32 Å². The summed E-state index contributed by atoms with van der Waals surface area (Å²) in [5.74, 6) is -1.77. The third-order valence-corrected chi connectivity index (χ3v) is 4.02. The first kappa shape index (κ1) is 16.0. The second-order valence-corrected chi connectivity index (χ2v) is 5.46. The van der Waals surface area contributed by atoms with E-state index in [1.807, 2.05) is 6.92 Å². The second kappa shape index (κ2) is 7.09. The maximum absolute atomic E-state index is 14.1. The van der Waals surface area contributed by atoms with Gasteiger partial charge in [-0.15, -0.1) is 0 Å². The minimum atomic E-state index is -0.753. The molecule has 1 atom stereocenters. The molecule has 1 N–H and O–H groups in total. The van der Waals surface area contributed by atoms with Crippen molar-refractivity contribution in [3.8, 4) is 0 Å². The van der Waals surface area contributed by atoms with Gasteiger partial charge in [-0.25, -0.2) is 13.2 Å². The molecular formula is C16H15BrF3N. The average molecular weight is 358 g/mol. The van der Waals surface area contributed by atoms with Gasteiger partial charge in [0.25, 0.3) is 0 Å². The lowest BCUT2D eigenvalue weighted by atomic mass is 9.97. The van der Waals surface area contributed by atoms with Crippen LogP contribution in [0.3, 0.4) is 0 Å². The molecule has 0 amide bonds. The van der Waals surface area contributed by atoms with Crippen LogP contribution in [0.4, 0.5) is 13.2 Å². The van der Waals surface area contributed by atoms with Gasteiger partial charge in [-0.2, -0.15) is 0 Å². The van der Waals surface area contributed by atoms with E-state index in [9.17, 15) is 13.2 Å². The minimum absolute atomic E-state index is 0.0998. The Morgan fingerprint density at radius 3 is 2.19 bits per heavy atom. The smallest absolute Gasteiger partial charge is 0.137 e. The van der Waals surface area contributed by atoms with Crippen molar-refractivity contribution < 1.29 is 13.2 Å². The Kier molecular flexibility index (Phi) is 5.42. The maximum atomic E-state index is 14.1. The molecule has 0 spiro atoms. The fourth-order valence-corrected chi connectivity index (χ4v) is 2.68. The summed E-state index contributed by atoms with van der Waals surface area (Å²) in [6.45, 7) is 2.50. The van der Waals surface area contributed by atoms with Gasteiger partial charge in [0.2, 0.25) is 0 Å². The topological polar surface area (TPSA) is 12.0 Å². The molecule has 0 bridgehead atoms. The first-order chi connectivity index (χ1) is 10.1. The Morgan fingerprint density at radius 1 is 1.00 bits per heavy atom. The lowest BCUT2D eigenvalue weighted by Crippen LogP contribution is -2.25. The summed E-state index contributed by atoms with van der Waals surface area (Å²) in [5, 5.41) is 3.08. The molecule has 0 aliphatic heterocycles. The van der Waals surface area contributed by atoms with E-state index in [1.54, 1.807) is 6.07 Å². The highest BCUT2D eigenvalue weighted by Crippen LogP contribution is 2.33. The molecule has 0 aromatic heterocycles. The lowest BCUT2D eigenvalue weighted by molar-refractivity contribution is 0.499. The highest BCUT2D eigenvalue weighted by atomic mass is 79.9. The average Bonchev–Trinajstić information content (AvgIpc) is 2.45. The van der Waals surface area contributed by atoms with Crippen LogP contribution in [0, 0.1) is 17.5 Å². The fraction of sp³-hybridized carbons (Fsp3) is 0.250. The molecule has 0 fully saturated rings. The zero-order chi connectivity index (χ0) is 15.4. The second-order valence-electron chi connectivity index (χ2n) is 4.67. The maximum Gasteiger partial charge on any atom is 0.137 e. The molecule has 2 aromatic rings. The van der Waals surface area contributed by atoms with E-state index in [0.29, 0.717) is 12.1 Å². The summed E-state index contributed by atoms with van der Waals surface area (Å²) in [6, 6.07) is 7.42. The van der Waals surface area contributed by atoms with Crippen LogP contribution in [0.1, 0.15) is 30.5 Å². The van der Waals surface area contributed by atoms with Crippen molar-refractivity contribution in [3.05, 3.63) is 69.4 Å². The number of halogens is 4. The van der Waals surface area contributed by atoms with E-state index in [4.69, 9.17) is 0 Å². The molecule has 1 unspecified atom stereocenters. The monoisotopic (exact) mass is 357 g/mol. The SMILES string of the molecule is CCCNC(c1cccc(F)c1Br)c1c(F)cccc1F. The molecule has 5 heteroatoms. The molecule has 21 heavy (non-hydrogen) atoms. The number of rotatable bonds is 5. The van der Waals surface area contributed by atoms with Gasteiger partial charge in [0.1, 0.15) is 17.5 Å². The molecule has 0 heterocycles. The van der Waals surface area contributed by atoms with E-state index in [2.05, 4.69) is 21.2 Å². The van der Waals surface area contributed by atoms with Crippen molar-refractivity contribution in [2.45, 2.75) is 19.4 Å². The highest BCUT2D eigenvalue weighted by Gasteiger charge is 2.24. The van der Waals surface area contributed by atoms with Gasteiger partial charge < -0.3 is 5.32 Å². The molecule has 0 aliphatic rings. The van der Waals surface area contributed by atoms with Crippen molar-refractivity contribution in [1.82, 2.24) is 5.32 Å². The van der Waals surface area contributed by atoms with Crippen LogP contribution in [0.25, 0.3) is 0 Å². The third kappa shape index (κ3) is 3.47. The molecule has 0 saturated carbocycles. The highest BCUT2D eigenvalue weighted by molar-refractivity contribution is 9.10. The standard InChI is InChI=1S/C16H15BrF3N/c1-2-9-21-16(10-5-3-8-13(20)15(10)17)14-11(18)6-4-7-12(14)19/h3-8,16,21H,2,9H2,1H3. The number of benzene rings is 2. The summed E-state index contributed by atoms with van der Waals surface area (Å²) >= 11 is 3.16. The Hall–Kier alpha value is -1.33. The molecule has 1 nitrogen and oxygen atoms in total. The van der Waals surface area contributed by atoms with E-state index < -0.39 is 23.5 Å². The minimum Gasteiger partial charge on any atom is -0.306 e. The van der Waals surface area contributed by atoms with Crippen molar-refractivity contribution >= 4 is 15.9 Å². The van der Waals surface area contributed by atoms with Gasteiger partial charge in [-0.1, -0.05) is 25.1 Å². The van der Waals surface area contributed by atoms with Crippen LogP contribution in [0.5, 0.6) is 0 Å². The summed E-state index contributed by atoms with van der Waals surface area (Å²) in [5.41, 5.74) is 0.365. The summed E-state index contributed by atoms with van der Waals surface area (Å²) in [6.07, 6.45) is 0.791. The number of hydrogen-bond donors (Lipinski definition) is 1. The van der Waals surface area contributed by atoms with Crippen molar-refractivity contribution in [2.75, 3.05) is 6.54 Å². The van der Waals surface area contributed by atoms with E-state index in [1.165, 1.54) is 30.3 Å². The Balaban J connectivity index is 2.55. The van der Waals surface area contributed by atoms with Gasteiger partial charge >= 0.3 is 0 Å². The zero-order valence-corrected chi connectivity index (χ0v) is 13.1. The largest absolute Gasteiger partial charge is 0.306 e. The predicted octanol–water partition coefficient (Wildman–Crippen LogP) is 4.96. The molecule has 2 aromatic carbocycles. The van der Waals surface area contributed by atoms with Crippen LogP contribution in [-0.2, 0) is 0 Å². The summed E-state index contributed by atoms with van der Waals surface area (Å²) < 4.78 is 42.0. The van der Waals surface area contributed by atoms with Crippen LogP contribution in [0.2, 0.25) is 0 Å². The fourth-order valence-electron chi connectivity index (χ4n) is 2.19. The molecule has 0 radical (unpaired) electrons. The molecule has 112 valence electrons. The van der Waals surface area contributed by atoms with Crippen LogP contribution >= 0.6 is 15.9 Å². The summed E-state index contributed by atoms with van der Waals surface area (Å²) in [7, 11) is 0. The quantitative estimate of drug-likeness (QED) is 0.797. The molecule has 0 aliphatic carbocycles. The number of hydrogen-bond acceptors (Lipinski definition) is 1. The molecule has 0 saturated heterocycles. The van der Waals surface area contributed by atoms with Gasteiger partial charge in [0, 0.05) is 5.56 Å². The molecular weight excluding hydrogens is 343 g/mol. The first-order valence-corrected chi connectivity index (χ1v) is 7.46. The Labute approximate surface area is 130 Å². The molecule has 2 rings (SSSR count). The predicted molar refractivity (Wildman–Crippen MR) is 80.6 cm³/mol. The van der Waals surface area contributed by atoms with E-state index >= 15 is 0 Å². The normalized spacial score (nSPS) is 12.4.